The summed E-state index contributed by atoms with van der Waals surface area (Å²) in [6.45, 7) is 20.4. The third kappa shape index (κ3) is 35.2. The zero-order valence-corrected chi connectivity index (χ0v) is 27.3. The maximum absolute atomic E-state index is 11.7. The van der Waals surface area contributed by atoms with Crippen molar-refractivity contribution in [3.63, 3.8) is 0 Å². The first-order valence-electron chi connectivity index (χ1n) is 14.4. The Kier molecular flexibility index (Phi) is 30.3. The van der Waals surface area contributed by atoms with Crippen molar-refractivity contribution < 1.29 is 33.6 Å². The van der Waals surface area contributed by atoms with Crippen molar-refractivity contribution in [2.75, 3.05) is 0 Å². The van der Waals surface area contributed by atoms with E-state index in [0.717, 1.165) is 12.8 Å². The molecule has 0 rings (SSSR count). The van der Waals surface area contributed by atoms with Crippen LogP contribution in [0.1, 0.15) is 115 Å². The van der Waals surface area contributed by atoms with Gasteiger partial charge in [-0.15, -0.1) is 0 Å². The molecular weight excluding hydrogens is 528 g/mol. The normalized spacial score (nSPS) is 13.0. The maximum Gasteiger partial charge on any atom is 0.373 e. The van der Waals surface area contributed by atoms with Gasteiger partial charge in [-0.25, -0.2) is 0 Å². The second kappa shape index (κ2) is 27.4. The van der Waals surface area contributed by atoms with E-state index in [-0.39, 0.29) is 59.5 Å². The molecule has 2 amide bonds. The largest absolute Gasteiger partial charge is 0.373 e. The molecule has 0 saturated heterocycles. The average molecular weight is 587 g/mol. The number of hydrogen-bond donors (Lipinski definition) is 4. The fraction of sp³-hybridized carbons (Fsp3) is 0.800. The van der Waals surface area contributed by atoms with E-state index in [2.05, 4.69) is 24.5 Å². The standard InChI is InChI=1S/C13H26N2O2.C9H17NO2.C7H15NO.CO2/c1-5-12(16)11(8-9(2)3)15-13(17)7-6-10(4)14;1-6(2)5-9(7(3)11)10-8(4)12;1-5(2)4-7(8)6(3)9;2-1-3/h9-11H,5-8,14H2,1-4H3,(H,15,17);6,9H,5H2,1-4H3,(H,10,12);5,7H,4,8H2,1-3H3;. The lowest BCUT2D eigenvalue weighted by atomic mass is 9.98. The quantitative estimate of drug-likeness (QED) is 0.223. The van der Waals surface area contributed by atoms with Crippen LogP contribution in [0.25, 0.3) is 0 Å². The Morgan fingerprint density at radius 3 is 1.37 bits per heavy atom. The van der Waals surface area contributed by atoms with E-state index in [1.165, 1.54) is 20.8 Å². The van der Waals surface area contributed by atoms with Crippen molar-refractivity contribution in [1.82, 2.24) is 10.6 Å². The van der Waals surface area contributed by atoms with Gasteiger partial charge in [-0.3, -0.25) is 24.0 Å². The molecule has 0 aliphatic heterocycles. The van der Waals surface area contributed by atoms with Crippen LogP contribution in [-0.2, 0) is 33.6 Å². The molecule has 0 aliphatic rings. The fourth-order valence-electron chi connectivity index (χ4n) is 3.33. The van der Waals surface area contributed by atoms with E-state index in [4.69, 9.17) is 21.1 Å². The smallest absolute Gasteiger partial charge is 0.347 e. The summed E-state index contributed by atoms with van der Waals surface area (Å²) in [6, 6.07) is -0.862. The molecular formula is C30H58N4O7. The van der Waals surface area contributed by atoms with Crippen molar-refractivity contribution in [1.29, 1.82) is 0 Å². The second-order valence-corrected chi connectivity index (χ2v) is 11.5. The maximum atomic E-state index is 11.7. The summed E-state index contributed by atoms with van der Waals surface area (Å²) in [7, 11) is 0. The Morgan fingerprint density at radius 1 is 0.683 bits per heavy atom. The number of nitrogens with two attached hydrogens (primary N) is 2. The fourth-order valence-corrected chi connectivity index (χ4v) is 3.33. The predicted octanol–water partition coefficient (Wildman–Crippen LogP) is 3.12. The summed E-state index contributed by atoms with van der Waals surface area (Å²) < 4.78 is 0. The predicted molar refractivity (Wildman–Crippen MR) is 160 cm³/mol. The molecule has 4 unspecified atom stereocenters. The molecule has 0 saturated carbocycles. The van der Waals surface area contributed by atoms with E-state index in [9.17, 15) is 24.0 Å². The molecule has 0 radical (unpaired) electrons. The Hall–Kier alpha value is -2.75. The zero-order valence-electron chi connectivity index (χ0n) is 27.3. The Balaban J connectivity index is -0.000000249. The molecule has 0 bridgehead atoms. The Bertz CT molecular complexity index is 790. The van der Waals surface area contributed by atoms with Crippen LogP contribution in [0.2, 0.25) is 0 Å². The molecule has 0 aliphatic carbocycles. The molecule has 11 nitrogen and oxygen atoms in total. The first kappa shape index (κ1) is 45.2. The molecule has 11 heteroatoms. The molecule has 41 heavy (non-hydrogen) atoms. The monoisotopic (exact) mass is 586 g/mol. The van der Waals surface area contributed by atoms with Crippen LogP contribution in [-0.4, -0.2) is 59.5 Å². The second-order valence-electron chi connectivity index (χ2n) is 11.5. The minimum absolute atomic E-state index is 0.0196. The third-order valence-electron chi connectivity index (χ3n) is 5.43. The first-order chi connectivity index (χ1) is 18.7. The van der Waals surface area contributed by atoms with Gasteiger partial charge in [-0.2, -0.15) is 9.59 Å². The van der Waals surface area contributed by atoms with Gasteiger partial charge in [0.1, 0.15) is 5.78 Å². The van der Waals surface area contributed by atoms with Gasteiger partial charge in [-0.1, -0.05) is 48.5 Å². The number of hydrogen-bond acceptors (Lipinski definition) is 9. The first-order valence-corrected chi connectivity index (χ1v) is 14.4. The lowest BCUT2D eigenvalue weighted by Gasteiger charge is -2.19. The summed E-state index contributed by atoms with van der Waals surface area (Å²) in [5.41, 5.74) is 11.1. The minimum atomic E-state index is -0.333. The van der Waals surface area contributed by atoms with E-state index in [0.29, 0.717) is 43.4 Å². The number of carbonyl (C=O) groups is 5. The van der Waals surface area contributed by atoms with Crippen molar-refractivity contribution in [3.8, 4) is 0 Å². The van der Waals surface area contributed by atoms with E-state index in [1.807, 2.05) is 41.5 Å². The summed E-state index contributed by atoms with van der Waals surface area (Å²) in [5.74, 6) is 1.33. The Labute approximate surface area is 247 Å². The van der Waals surface area contributed by atoms with Crippen molar-refractivity contribution in [2.45, 2.75) is 139 Å². The van der Waals surface area contributed by atoms with Crippen LogP contribution >= 0.6 is 0 Å². The van der Waals surface area contributed by atoms with Crippen LogP contribution in [0.15, 0.2) is 0 Å². The van der Waals surface area contributed by atoms with Crippen LogP contribution in [0.5, 0.6) is 0 Å². The molecule has 6 N–H and O–H groups in total. The van der Waals surface area contributed by atoms with E-state index < -0.39 is 0 Å². The number of nitrogens with one attached hydrogen (secondary N) is 2. The highest BCUT2D eigenvalue weighted by atomic mass is 16.2. The number of amides is 2. The number of rotatable bonds is 15. The highest BCUT2D eigenvalue weighted by molar-refractivity contribution is 5.89. The summed E-state index contributed by atoms with van der Waals surface area (Å²) in [4.78, 5) is 71.8. The molecule has 0 aromatic heterocycles. The van der Waals surface area contributed by atoms with Gasteiger partial charge in [0.05, 0.1) is 18.1 Å². The highest BCUT2D eigenvalue weighted by Gasteiger charge is 2.20. The van der Waals surface area contributed by atoms with Gasteiger partial charge in [0.25, 0.3) is 0 Å². The number of ketones is 3. The molecule has 4 atom stereocenters. The van der Waals surface area contributed by atoms with Gasteiger partial charge in [-0.05, 0) is 64.2 Å². The van der Waals surface area contributed by atoms with Crippen molar-refractivity contribution in [2.24, 2.45) is 29.2 Å². The van der Waals surface area contributed by atoms with Gasteiger partial charge >= 0.3 is 6.15 Å². The van der Waals surface area contributed by atoms with Crippen LogP contribution in [0, 0.1) is 17.8 Å². The number of Topliss-reactive ketones (excluding diaryl/α,β-unsaturated/α-hetero) is 3. The average Bonchev–Trinajstić information content (AvgIpc) is 2.81. The molecule has 240 valence electrons. The summed E-state index contributed by atoms with van der Waals surface area (Å²) >= 11 is 0. The molecule has 0 heterocycles. The van der Waals surface area contributed by atoms with Gasteiger partial charge < -0.3 is 22.1 Å². The Morgan fingerprint density at radius 2 is 1.10 bits per heavy atom. The number of carbonyl (C=O) groups excluding carboxylic acids is 7. The van der Waals surface area contributed by atoms with Gasteiger partial charge in [0.2, 0.25) is 11.8 Å². The molecule has 0 aromatic carbocycles. The van der Waals surface area contributed by atoms with Gasteiger partial charge in [0, 0.05) is 25.8 Å². The van der Waals surface area contributed by atoms with Crippen LogP contribution in [0.4, 0.5) is 0 Å². The van der Waals surface area contributed by atoms with Gasteiger partial charge in [0.15, 0.2) is 11.6 Å². The van der Waals surface area contributed by atoms with Crippen molar-refractivity contribution >= 4 is 35.3 Å². The third-order valence-corrected chi connectivity index (χ3v) is 5.43. The molecule has 0 spiro atoms. The summed E-state index contributed by atoms with van der Waals surface area (Å²) in [6.07, 6.45) is 3.98. The topological polar surface area (TPSA) is 196 Å². The zero-order chi connectivity index (χ0) is 33.3. The van der Waals surface area contributed by atoms with Crippen LogP contribution in [0.3, 0.4) is 0 Å². The SMILES string of the molecule is CC(=O)C(N)CC(C)C.CC(=O)NC(CC(C)C)C(C)=O.CCC(=O)C(CC(C)C)NC(=O)CCC(C)N.O=C=O. The molecule has 0 aromatic rings. The highest BCUT2D eigenvalue weighted by Crippen LogP contribution is 2.08. The molecule has 0 fully saturated rings. The van der Waals surface area contributed by atoms with E-state index >= 15 is 0 Å². The lowest BCUT2D eigenvalue weighted by Crippen LogP contribution is -2.41. The summed E-state index contributed by atoms with van der Waals surface area (Å²) in [5, 5.41) is 5.43. The van der Waals surface area contributed by atoms with Crippen molar-refractivity contribution in [3.05, 3.63) is 0 Å². The minimum Gasteiger partial charge on any atom is -0.347 e. The van der Waals surface area contributed by atoms with E-state index in [1.54, 1.807) is 0 Å². The lowest BCUT2D eigenvalue weighted by molar-refractivity contribution is -0.191. The van der Waals surface area contributed by atoms with Crippen LogP contribution < -0.4 is 22.1 Å².